The summed E-state index contributed by atoms with van der Waals surface area (Å²) in [6, 6.07) is 0. The Morgan fingerprint density at radius 2 is 2.09 bits per heavy atom. The maximum atomic E-state index is 11.3. The van der Waals surface area contributed by atoms with Crippen molar-refractivity contribution in [3.8, 4) is 0 Å². The second-order valence-corrected chi connectivity index (χ2v) is 4.21. The molecule has 0 aliphatic carbocycles. The van der Waals surface area contributed by atoms with Gasteiger partial charge in [0, 0.05) is 7.05 Å². The second-order valence-electron chi connectivity index (χ2n) is 2.56. The molecule has 0 radical (unpaired) electrons. The minimum atomic E-state index is 0.0278. The molecule has 1 heterocycles. The maximum Gasteiger partial charge on any atom is 0.265 e. The molecule has 0 N–H and O–H groups in total. The lowest BCUT2D eigenvalue weighted by Gasteiger charge is -2.03. The first-order valence-electron chi connectivity index (χ1n) is 3.21. The molecule has 1 rings (SSSR count). The van der Waals surface area contributed by atoms with Crippen molar-refractivity contribution in [3.05, 3.63) is 10.5 Å². The summed E-state index contributed by atoms with van der Waals surface area (Å²) in [6.45, 7) is 3.84. The van der Waals surface area contributed by atoms with Gasteiger partial charge >= 0.3 is 0 Å². The highest BCUT2D eigenvalue weighted by molar-refractivity contribution is 8.26. The lowest BCUT2D eigenvalue weighted by Crippen LogP contribution is -2.22. The molecule has 0 unspecified atom stereocenters. The highest BCUT2D eigenvalue weighted by atomic mass is 32.2. The van der Waals surface area contributed by atoms with Crippen LogP contribution in [0.5, 0.6) is 0 Å². The number of carbonyl (C=O) groups is 1. The van der Waals surface area contributed by atoms with Gasteiger partial charge < -0.3 is 0 Å². The molecular weight excluding hydrogens is 178 g/mol. The van der Waals surface area contributed by atoms with Crippen LogP contribution in [0.2, 0.25) is 0 Å². The molecule has 1 amide bonds. The van der Waals surface area contributed by atoms with Gasteiger partial charge in [-0.05, 0) is 13.8 Å². The number of amides is 1. The molecular formula is C7H9NOS2. The predicted octanol–water partition coefficient (Wildman–Crippen LogP) is 1.77. The summed E-state index contributed by atoms with van der Waals surface area (Å²) in [5.41, 5.74) is 1.03. The third-order valence-electron chi connectivity index (χ3n) is 1.42. The zero-order valence-electron chi connectivity index (χ0n) is 6.67. The number of likely N-dealkylation sites (N-methyl/N-ethyl adjacent to an activating group) is 1. The molecule has 0 aromatic heterocycles. The maximum absolute atomic E-state index is 11.3. The van der Waals surface area contributed by atoms with E-state index in [0.29, 0.717) is 4.32 Å². The molecule has 0 bridgehead atoms. The van der Waals surface area contributed by atoms with Crippen LogP contribution in [0.1, 0.15) is 13.8 Å². The van der Waals surface area contributed by atoms with Gasteiger partial charge in [-0.1, -0.05) is 29.6 Å². The second kappa shape index (κ2) is 2.95. The molecule has 1 aliphatic heterocycles. The summed E-state index contributed by atoms with van der Waals surface area (Å²) in [5.74, 6) is 0.0278. The number of thioether (sulfide) groups is 1. The van der Waals surface area contributed by atoms with E-state index in [1.807, 2.05) is 13.8 Å². The van der Waals surface area contributed by atoms with Gasteiger partial charge in [-0.3, -0.25) is 9.69 Å². The largest absolute Gasteiger partial charge is 0.296 e. The van der Waals surface area contributed by atoms with E-state index in [1.54, 1.807) is 7.05 Å². The van der Waals surface area contributed by atoms with Gasteiger partial charge in [0.1, 0.15) is 4.32 Å². The zero-order chi connectivity index (χ0) is 8.59. The highest BCUT2D eigenvalue weighted by Gasteiger charge is 2.29. The molecule has 1 saturated heterocycles. The first-order chi connectivity index (χ1) is 5.04. The Hall–Kier alpha value is -0.350. The van der Waals surface area contributed by atoms with Crippen LogP contribution in [0.3, 0.4) is 0 Å². The number of carbonyl (C=O) groups excluding carboxylic acids is 1. The van der Waals surface area contributed by atoms with Crippen LogP contribution in [0.4, 0.5) is 0 Å². The van der Waals surface area contributed by atoms with Crippen LogP contribution in [0.15, 0.2) is 10.5 Å². The summed E-state index contributed by atoms with van der Waals surface area (Å²) < 4.78 is 0.645. The van der Waals surface area contributed by atoms with Gasteiger partial charge in [0.25, 0.3) is 5.91 Å². The molecule has 1 aliphatic rings. The summed E-state index contributed by atoms with van der Waals surface area (Å²) in [5, 5.41) is 0. The fourth-order valence-corrected chi connectivity index (χ4v) is 1.91. The minimum Gasteiger partial charge on any atom is -0.296 e. The SMILES string of the molecule is CC(C)=C1SC(=S)N(C)C1=O. The van der Waals surface area contributed by atoms with Crippen molar-refractivity contribution in [1.82, 2.24) is 4.90 Å². The molecule has 11 heavy (non-hydrogen) atoms. The first-order valence-corrected chi connectivity index (χ1v) is 4.44. The highest BCUT2D eigenvalue weighted by Crippen LogP contribution is 2.31. The van der Waals surface area contributed by atoms with E-state index < -0.39 is 0 Å². The van der Waals surface area contributed by atoms with Gasteiger partial charge in [-0.15, -0.1) is 0 Å². The Morgan fingerprint density at radius 3 is 2.27 bits per heavy atom. The Kier molecular flexibility index (Phi) is 2.34. The third-order valence-corrected chi connectivity index (χ3v) is 3.18. The quantitative estimate of drug-likeness (QED) is 0.426. The fraction of sp³-hybridized carbons (Fsp3) is 0.429. The molecule has 60 valence electrons. The molecule has 4 heteroatoms. The molecule has 1 fully saturated rings. The first kappa shape index (κ1) is 8.74. The predicted molar refractivity (Wildman–Crippen MR) is 51.3 cm³/mol. The number of hydrogen-bond acceptors (Lipinski definition) is 3. The molecule has 0 aromatic carbocycles. The average molecular weight is 187 g/mol. The van der Waals surface area contributed by atoms with Gasteiger partial charge in [-0.2, -0.15) is 0 Å². The lowest BCUT2D eigenvalue weighted by molar-refractivity contribution is -0.121. The molecule has 0 aromatic rings. The van der Waals surface area contributed by atoms with Crippen molar-refractivity contribution in [2.75, 3.05) is 7.05 Å². The van der Waals surface area contributed by atoms with Crippen molar-refractivity contribution in [2.24, 2.45) is 0 Å². The molecule has 0 spiro atoms. The van der Waals surface area contributed by atoms with Gasteiger partial charge in [0.2, 0.25) is 0 Å². The number of thiocarbonyl (C=S) groups is 1. The Labute approximate surface area is 75.6 Å². The van der Waals surface area contributed by atoms with E-state index >= 15 is 0 Å². The summed E-state index contributed by atoms with van der Waals surface area (Å²) in [7, 11) is 1.70. The van der Waals surface area contributed by atoms with Crippen molar-refractivity contribution in [3.63, 3.8) is 0 Å². The van der Waals surface area contributed by atoms with Gasteiger partial charge in [0.15, 0.2) is 0 Å². The monoisotopic (exact) mass is 187 g/mol. The minimum absolute atomic E-state index is 0.0278. The zero-order valence-corrected chi connectivity index (χ0v) is 8.30. The van der Waals surface area contributed by atoms with Crippen LogP contribution in [0, 0.1) is 0 Å². The third kappa shape index (κ3) is 1.46. The van der Waals surface area contributed by atoms with Gasteiger partial charge in [-0.25, -0.2) is 0 Å². The molecule has 2 nitrogen and oxygen atoms in total. The van der Waals surface area contributed by atoms with Crippen molar-refractivity contribution in [2.45, 2.75) is 13.8 Å². The molecule has 0 atom stereocenters. The van der Waals surface area contributed by atoms with Crippen molar-refractivity contribution < 1.29 is 4.79 Å². The number of hydrogen-bond donors (Lipinski definition) is 0. The van der Waals surface area contributed by atoms with E-state index in [1.165, 1.54) is 16.7 Å². The van der Waals surface area contributed by atoms with Crippen LogP contribution in [0.25, 0.3) is 0 Å². The van der Waals surface area contributed by atoms with Crippen LogP contribution in [-0.2, 0) is 4.79 Å². The topological polar surface area (TPSA) is 20.3 Å². The van der Waals surface area contributed by atoms with E-state index in [-0.39, 0.29) is 5.91 Å². The lowest BCUT2D eigenvalue weighted by atomic mass is 10.3. The van der Waals surface area contributed by atoms with Crippen molar-refractivity contribution in [1.29, 1.82) is 0 Å². The summed E-state index contributed by atoms with van der Waals surface area (Å²) >= 11 is 6.33. The van der Waals surface area contributed by atoms with Crippen LogP contribution >= 0.6 is 24.0 Å². The Bertz CT molecular complexity index is 253. The smallest absolute Gasteiger partial charge is 0.265 e. The summed E-state index contributed by atoms with van der Waals surface area (Å²) in [4.78, 5) is 13.6. The number of rotatable bonds is 0. The number of allylic oxidation sites excluding steroid dienone is 1. The van der Waals surface area contributed by atoms with Gasteiger partial charge in [0.05, 0.1) is 4.91 Å². The van der Waals surface area contributed by atoms with E-state index in [2.05, 4.69) is 0 Å². The van der Waals surface area contributed by atoms with E-state index in [0.717, 1.165) is 10.5 Å². The summed E-state index contributed by atoms with van der Waals surface area (Å²) in [6.07, 6.45) is 0. The Balaban J connectivity index is 3.02. The van der Waals surface area contributed by atoms with E-state index in [4.69, 9.17) is 12.2 Å². The van der Waals surface area contributed by atoms with Crippen molar-refractivity contribution >= 4 is 34.2 Å². The average Bonchev–Trinajstić information content (AvgIpc) is 2.17. The fourth-order valence-electron chi connectivity index (χ4n) is 0.751. The normalized spacial score (nSPS) is 18.1. The van der Waals surface area contributed by atoms with Crippen LogP contribution in [-0.4, -0.2) is 22.2 Å². The standard InChI is InChI=1S/C7H9NOS2/c1-4(2)5-6(9)8(3)7(10)11-5/h1-3H3. The Morgan fingerprint density at radius 1 is 1.55 bits per heavy atom. The molecule has 0 saturated carbocycles. The van der Waals surface area contributed by atoms with Crippen LogP contribution < -0.4 is 0 Å². The van der Waals surface area contributed by atoms with E-state index in [9.17, 15) is 4.79 Å². The number of nitrogens with zero attached hydrogens (tertiary/aromatic N) is 1.